The van der Waals surface area contributed by atoms with Gasteiger partial charge in [0, 0.05) is 24.2 Å². The number of carbonyl (C=O) groups is 1. The summed E-state index contributed by atoms with van der Waals surface area (Å²) in [4.78, 5) is 14.9. The zero-order valence-corrected chi connectivity index (χ0v) is 16.9. The van der Waals surface area contributed by atoms with Gasteiger partial charge >= 0.3 is 0 Å². The normalized spacial score (nSPS) is 15.9. The van der Waals surface area contributed by atoms with Crippen LogP contribution in [-0.2, 0) is 14.9 Å². The molecule has 1 saturated heterocycles. The lowest BCUT2D eigenvalue weighted by molar-refractivity contribution is -0.139. The second-order valence-corrected chi connectivity index (χ2v) is 7.55. The van der Waals surface area contributed by atoms with Crippen molar-refractivity contribution >= 4 is 34.2 Å². The SMILES string of the molecule is CC(C)(C(=O)N1CCC(OCCCN)CC1)c1ccc(Br)cc1.Cl. The molecule has 1 heterocycles. The van der Waals surface area contributed by atoms with Crippen LogP contribution in [0.15, 0.2) is 28.7 Å². The molecule has 4 nitrogen and oxygen atoms in total. The second-order valence-electron chi connectivity index (χ2n) is 6.64. The van der Waals surface area contributed by atoms with E-state index in [0.29, 0.717) is 6.54 Å². The Balaban J connectivity index is 0.00000288. The fourth-order valence-corrected chi connectivity index (χ4v) is 3.21. The number of halogens is 2. The minimum Gasteiger partial charge on any atom is -0.378 e. The highest BCUT2D eigenvalue weighted by Crippen LogP contribution is 2.28. The largest absolute Gasteiger partial charge is 0.378 e. The van der Waals surface area contributed by atoms with E-state index in [1.807, 2.05) is 43.0 Å². The standard InChI is InChI=1S/C18H27BrN2O2.ClH/c1-18(2,14-4-6-15(19)7-5-14)17(22)21-11-8-16(9-12-21)23-13-3-10-20;/h4-7,16H,3,8-13,20H2,1-2H3;1H. The maximum atomic E-state index is 12.9. The third-order valence-corrected chi connectivity index (χ3v) is 5.06. The molecule has 0 aromatic heterocycles. The molecule has 1 amide bonds. The van der Waals surface area contributed by atoms with Crippen molar-refractivity contribution in [1.29, 1.82) is 0 Å². The molecule has 1 aliphatic heterocycles. The maximum Gasteiger partial charge on any atom is 0.232 e. The highest BCUT2D eigenvalue weighted by atomic mass is 79.9. The molecule has 0 radical (unpaired) electrons. The molecule has 6 heteroatoms. The molecule has 2 N–H and O–H groups in total. The molecule has 2 rings (SSSR count). The van der Waals surface area contributed by atoms with Crippen LogP contribution < -0.4 is 5.73 Å². The Labute approximate surface area is 159 Å². The number of rotatable bonds is 6. The van der Waals surface area contributed by atoms with Crippen LogP contribution in [0.5, 0.6) is 0 Å². The lowest BCUT2D eigenvalue weighted by atomic mass is 9.82. The van der Waals surface area contributed by atoms with Gasteiger partial charge in [0.05, 0.1) is 11.5 Å². The van der Waals surface area contributed by atoms with E-state index in [4.69, 9.17) is 10.5 Å². The quantitative estimate of drug-likeness (QED) is 0.718. The van der Waals surface area contributed by atoms with Crippen molar-refractivity contribution in [2.45, 2.75) is 44.6 Å². The first kappa shape index (κ1) is 21.4. The Morgan fingerprint density at radius 2 is 1.88 bits per heavy atom. The van der Waals surface area contributed by atoms with Crippen LogP contribution in [0.3, 0.4) is 0 Å². The number of benzene rings is 1. The molecule has 0 saturated carbocycles. The van der Waals surface area contributed by atoms with E-state index in [9.17, 15) is 4.79 Å². The number of nitrogens with two attached hydrogens (primary N) is 1. The molecule has 1 fully saturated rings. The summed E-state index contributed by atoms with van der Waals surface area (Å²) in [6, 6.07) is 8.01. The lowest BCUT2D eigenvalue weighted by Gasteiger charge is -2.37. The predicted molar refractivity (Wildman–Crippen MR) is 104 cm³/mol. The third-order valence-electron chi connectivity index (χ3n) is 4.53. The minimum atomic E-state index is -0.506. The van der Waals surface area contributed by atoms with E-state index in [0.717, 1.165) is 49.0 Å². The molecule has 0 bridgehead atoms. The van der Waals surface area contributed by atoms with Crippen LogP contribution >= 0.6 is 28.3 Å². The van der Waals surface area contributed by atoms with Gasteiger partial charge in [0.15, 0.2) is 0 Å². The van der Waals surface area contributed by atoms with E-state index in [1.54, 1.807) is 0 Å². The zero-order valence-electron chi connectivity index (χ0n) is 14.5. The van der Waals surface area contributed by atoms with Gasteiger partial charge in [-0.1, -0.05) is 28.1 Å². The highest BCUT2D eigenvalue weighted by Gasteiger charge is 2.35. The van der Waals surface area contributed by atoms with Crippen molar-refractivity contribution in [2.75, 3.05) is 26.2 Å². The maximum absolute atomic E-state index is 12.9. The monoisotopic (exact) mass is 418 g/mol. The van der Waals surface area contributed by atoms with Crippen molar-refractivity contribution in [3.63, 3.8) is 0 Å². The van der Waals surface area contributed by atoms with Gasteiger partial charge in [-0.25, -0.2) is 0 Å². The summed E-state index contributed by atoms with van der Waals surface area (Å²) in [7, 11) is 0. The predicted octanol–water partition coefficient (Wildman–Crippen LogP) is 3.50. The average molecular weight is 420 g/mol. The van der Waals surface area contributed by atoms with Crippen molar-refractivity contribution in [1.82, 2.24) is 4.90 Å². The number of nitrogens with zero attached hydrogens (tertiary/aromatic N) is 1. The van der Waals surface area contributed by atoms with Gasteiger partial charge in [-0.2, -0.15) is 0 Å². The molecular formula is C18H28BrClN2O2. The van der Waals surface area contributed by atoms with Crippen LogP contribution in [0.25, 0.3) is 0 Å². The molecule has 0 spiro atoms. The topological polar surface area (TPSA) is 55.6 Å². The molecule has 1 aromatic carbocycles. The van der Waals surface area contributed by atoms with Crippen LogP contribution in [-0.4, -0.2) is 43.2 Å². The Morgan fingerprint density at radius 3 is 2.42 bits per heavy atom. The molecule has 0 unspecified atom stereocenters. The van der Waals surface area contributed by atoms with Gasteiger partial charge in [0.25, 0.3) is 0 Å². The summed E-state index contributed by atoms with van der Waals surface area (Å²) in [6.07, 6.45) is 2.98. The van der Waals surface area contributed by atoms with Crippen LogP contribution in [0.2, 0.25) is 0 Å². The number of amides is 1. The van der Waals surface area contributed by atoms with Gasteiger partial charge in [-0.15, -0.1) is 12.4 Å². The second kappa shape index (κ2) is 9.76. The van der Waals surface area contributed by atoms with Gasteiger partial charge in [-0.3, -0.25) is 4.79 Å². The first-order valence-corrected chi connectivity index (χ1v) is 9.11. The number of hydrogen-bond acceptors (Lipinski definition) is 3. The van der Waals surface area contributed by atoms with E-state index in [1.165, 1.54) is 0 Å². The number of ether oxygens (including phenoxy) is 1. The third kappa shape index (κ3) is 5.45. The number of piperidine rings is 1. The highest BCUT2D eigenvalue weighted by molar-refractivity contribution is 9.10. The van der Waals surface area contributed by atoms with Crippen LogP contribution in [0, 0.1) is 0 Å². The summed E-state index contributed by atoms with van der Waals surface area (Å²) < 4.78 is 6.84. The number of likely N-dealkylation sites (tertiary alicyclic amines) is 1. The Morgan fingerprint density at radius 1 is 1.29 bits per heavy atom. The summed E-state index contributed by atoms with van der Waals surface area (Å²) in [5.41, 5.74) is 6.02. The fraction of sp³-hybridized carbons (Fsp3) is 0.611. The number of hydrogen-bond donors (Lipinski definition) is 1. The van der Waals surface area contributed by atoms with Crippen molar-refractivity contribution in [2.24, 2.45) is 5.73 Å². The Kier molecular flexibility index (Phi) is 8.71. The van der Waals surface area contributed by atoms with Crippen molar-refractivity contribution in [3.05, 3.63) is 34.3 Å². The van der Waals surface area contributed by atoms with Gasteiger partial charge in [-0.05, 0) is 57.4 Å². The van der Waals surface area contributed by atoms with Crippen molar-refractivity contribution in [3.8, 4) is 0 Å². The summed E-state index contributed by atoms with van der Waals surface area (Å²) in [6.45, 7) is 6.93. The summed E-state index contributed by atoms with van der Waals surface area (Å²) in [5, 5.41) is 0. The Bertz CT molecular complexity index is 514. The summed E-state index contributed by atoms with van der Waals surface area (Å²) >= 11 is 3.44. The fourth-order valence-electron chi connectivity index (χ4n) is 2.94. The van der Waals surface area contributed by atoms with E-state index >= 15 is 0 Å². The first-order valence-electron chi connectivity index (χ1n) is 8.32. The van der Waals surface area contributed by atoms with Crippen LogP contribution in [0.1, 0.15) is 38.7 Å². The molecule has 1 aromatic rings. The summed E-state index contributed by atoms with van der Waals surface area (Å²) in [5.74, 6) is 0.195. The Hall–Kier alpha value is -0.620. The zero-order chi connectivity index (χ0) is 16.9. The van der Waals surface area contributed by atoms with Gasteiger partial charge in [0.2, 0.25) is 5.91 Å². The van der Waals surface area contributed by atoms with Gasteiger partial charge in [0.1, 0.15) is 0 Å². The molecule has 0 atom stereocenters. The minimum absolute atomic E-state index is 0. The lowest BCUT2D eigenvalue weighted by Crippen LogP contribution is -2.48. The first-order chi connectivity index (χ1) is 10.9. The molecular weight excluding hydrogens is 392 g/mol. The van der Waals surface area contributed by atoms with Crippen LogP contribution in [0.4, 0.5) is 0 Å². The molecule has 0 aliphatic carbocycles. The van der Waals surface area contributed by atoms with E-state index < -0.39 is 5.41 Å². The molecule has 1 aliphatic rings. The van der Waals surface area contributed by atoms with E-state index in [2.05, 4.69) is 15.9 Å². The van der Waals surface area contributed by atoms with Gasteiger partial charge < -0.3 is 15.4 Å². The average Bonchev–Trinajstić information content (AvgIpc) is 2.55. The smallest absolute Gasteiger partial charge is 0.232 e. The van der Waals surface area contributed by atoms with E-state index in [-0.39, 0.29) is 24.4 Å². The van der Waals surface area contributed by atoms with Crippen molar-refractivity contribution < 1.29 is 9.53 Å². The molecule has 136 valence electrons. The number of carbonyl (C=O) groups excluding carboxylic acids is 1. The molecule has 24 heavy (non-hydrogen) atoms.